The molecule has 2 aromatic carbocycles. The molecule has 0 radical (unpaired) electrons. The Kier molecular flexibility index (Phi) is 4.68. The van der Waals surface area contributed by atoms with Crippen LogP contribution in [0.5, 0.6) is 5.75 Å². The van der Waals surface area contributed by atoms with Gasteiger partial charge in [-0.1, -0.05) is 30.3 Å². The van der Waals surface area contributed by atoms with Crippen molar-refractivity contribution in [3.05, 3.63) is 59.7 Å². The van der Waals surface area contributed by atoms with Crippen LogP contribution < -0.4 is 4.74 Å². The topological polar surface area (TPSA) is 43.4 Å². The van der Waals surface area contributed by atoms with E-state index in [0.29, 0.717) is 12.4 Å². The number of aryl methyl sites for hydroxylation is 1. The van der Waals surface area contributed by atoms with Crippen molar-refractivity contribution in [3.63, 3.8) is 0 Å². The summed E-state index contributed by atoms with van der Waals surface area (Å²) in [5, 5.41) is 0. The van der Waals surface area contributed by atoms with E-state index in [0.717, 1.165) is 12.0 Å². The molecule has 0 heterocycles. The van der Waals surface area contributed by atoms with Crippen LogP contribution in [-0.4, -0.2) is 15.0 Å². The van der Waals surface area contributed by atoms with Gasteiger partial charge in [0.25, 0.3) is 9.05 Å². The van der Waals surface area contributed by atoms with E-state index in [9.17, 15) is 8.42 Å². The van der Waals surface area contributed by atoms with Gasteiger partial charge < -0.3 is 4.74 Å². The minimum atomic E-state index is -3.69. The Hall–Kier alpha value is -1.52. The summed E-state index contributed by atoms with van der Waals surface area (Å²) in [7, 11) is 1.61. The van der Waals surface area contributed by atoms with Crippen molar-refractivity contribution in [3.8, 4) is 5.75 Å². The Morgan fingerprint density at radius 1 is 1.10 bits per heavy atom. The highest BCUT2D eigenvalue weighted by Gasteiger charge is 2.11. The van der Waals surface area contributed by atoms with Gasteiger partial charge in [0.05, 0.1) is 11.5 Å². The average Bonchev–Trinajstić information content (AvgIpc) is 2.40. The van der Waals surface area contributed by atoms with Crippen LogP contribution in [0, 0.1) is 6.92 Å². The third-order valence-corrected chi connectivity index (χ3v) is 4.27. The van der Waals surface area contributed by atoms with Crippen molar-refractivity contribution in [2.75, 3.05) is 6.61 Å². The SMILES string of the molecule is Cc1cc(S(=O)(=O)Cl)ccc1OCCc1ccccc1. The van der Waals surface area contributed by atoms with Crippen molar-refractivity contribution in [2.45, 2.75) is 18.2 Å². The van der Waals surface area contributed by atoms with E-state index >= 15 is 0 Å². The molecule has 2 rings (SSSR count). The Morgan fingerprint density at radius 3 is 2.40 bits per heavy atom. The molecule has 0 fully saturated rings. The summed E-state index contributed by atoms with van der Waals surface area (Å²) in [6, 6.07) is 14.6. The van der Waals surface area contributed by atoms with E-state index in [-0.39, 0.29) is 4.90 Å². The van der Waals surface area contributed by atoms with Gasteiger partial charge in [0.2, 0.25) is 0 Å². The smallest absolute Gasteiger partial charge is 0.261 e. The monoisotopic (exact) mass is 310 g/mol. The standard InChI is InChI=1S/C15H15ClO3S/c1-12-11-14(20(16,17)18)7-8-15(12)19-10-9-13-5-3-2-4-6-13/h2-8,11H,9-10H2,1H3. The number of rotatable bonds is 5. The second kappa shape index (κ2) is 6.29. The Bertz CT molecular complexity index is 682. The zero-order chi connectivity index (χ0) is 14.6. The lowest BCUT2D eigenvalue weighted by molar-refractivity contribution is 0.319. The molecule has 0 amide bonds. The summed E-state index contributed by atoms with van der Waals surface area (Å²) < 4.78 is 28.1. The Morgan fingerprint density at radius 2 is 1.80 bits per heavy atom. The summed E-state index contributed by atoms with van der Waals surface area (Å²) in [6.07, 6.45) is 0.801. The average molecular weight is 311 g/mol. The van der Waals surface area contributed by atoms with E-state index < -0.39 is 9.05 Å². The highest BCUT2D eigenvalue weighted by molar-refractivity contribution is 8.13. The third kappa shape index (κ3) is 3.99. The molecule has 3 nitrogen and oxygen atoms in total. The molecule has 0 unspecified atom stereocenters. The zero-order valence-electron chi connectivity index (χ0n) is 11.0. The minimum Gasteiger partial charge on any atom is -0.493 e. The number of ether oxygens (including phenoxy) is 1. The van der Waals surface area contributed by atoms with Crippen LogP contribution in [0.4, 0.5) is 0 Å². The summed E-state index contributed by atoms with van der Waals surface area (Å²) >= 11 is 0. The lowest BCUT2D eigenvalue weighted by Crippen LogP contribution is -2.03. The molecule has 0 aliphatic heterocycles. The van der Waals surface area contributed by atoms with E-state index in [1.807, 2.05) is 30.3 Å². The predicted octanol–water partition coefficient (Wildman–Crippen LogP) is 3.54. The molecule has 0 saturated heterocycles. The van der Waals surface area contributed by atoms with Gasteiger partial charge >= 0.3 is 0 Å². The van der Waals surface area contributed by atoms with Crippen LogP contribution in [0.25, 0.3) is 0 Å². The van der Waals surface area contributed by atoms with Crippen molar-refractivity contribution in [1.82, 2.24) is 0 Å². The van der Waals surface area contributed by atoms with Gasteiger partial charge in [0, 0.05) is 17.1 Å². The Labute approximate surface area is 123 Å². The molecular weight excluding hydrogens is 296 g/mol. The summed E-state index contributed by atoms with van der Waals surface area (Å²) in [6.45, 7) is 2.33. The van der Waals surface area contributed by atoms with Gasteiger partial charge in [-0.15, -0.1) is 0 Å². The lowest BCUT2D eigenvalue weighted by atomic mass is 10.2. The van der Waals surface area contributed by atoms with Crippen LogP contribution in [0.15, 0.2) is 53.4 Å². The first-order valence-corrected chi connectivity index (χ1v) is 8.50. The molecule has 5 heteroatoms. The van der Waals surface area contributed by atoms with E-state index in [1.54, 1.807) is 13.0 Å². The zero-order valence-corrected chi connectivity index (χ0v) is 12.6. The van der Waals surface area contributed by atoms with E-state index in [2.05, 4.69) is 0 Å². The van der Waals surface area contributed by atoms with Gasteiger partial charge in [0.1, 0.15) is 5.75 Å². The number of hydrogen-bond donors (Lipinski definition) is 0. The van der Waals surface area contributed by atoms with Crippen LogP contribution >= 0.6 is 10.7 Å². The fraction of sp³-hybridized carbons (Fsp3) is 0.200. The van der Waals surface area contributed by atoms with Gasteiger partial charge in [0.15, 0.2) is 0 Å². The molecule has 0 saturated carbocycles. The first kappa shape index (κ1) is 14.9. The first-order valence-electron chi connectivity index (χ1n) is 6.19. The number of hydrogen-bond acceptors (Lipinski definition) is 3. The fourth-order valence-electron chi connectivity index (χ4n) is 1.86. The molecule has 20 heavy (non-hydrogen) atoms. The molecule has 0 N–H and O–H groups in total. The van der Waals surface area contributed by atoms with Crippen molar-refractivity contribution < 1.29 is 13.2 Å². The molecule has 0 aliphatic rings. The predicted molar refractivity (Wildman–Crippen MR) is 79.9 cm³/mol. The van der Waals surface area contributed by atoms with Gasteiger partial charge in [-0.2, -0.15) is 0 Å². The molecule has 2 aromatic rings. The molecule has 0 aromatic heterocycles. The maximum absolute atomic E-state index is 11.2. The van der Waals surface area contributed by atoms with Crippen molar-refractivity contribution in [1.29, 1.82) is 0 Å². The maximum Gasteiger partial charge on any atom is 0.261 e. The van der Waals surface area contributed by atoms with Crippen molar-refractivity contribution >= 4 is 19.7 Å². The molecule has 0 bridgehead atoms. The molecule has 106 valence electrons. The molecule has 0 aliphatic carbocycles. The fourth-order valence-corrected chi connectivity index (χ4v) is 2.70. The quantitative estimate of drug-likeness (QED) is 0.793. The van der Waals surface area contributed by atoms with Gasteiger partial charge in [-0.3, -0.25) is 0 Å². The molecule has 0 atom stereocenters. The normalized spacial score (nSPS) is 11.3. The van der Waals surface area contributed by atoms with Crippen molar-refractivity contribution in [2.24, 2.45) is 0 Å². The highest BCUT2D eigenvalue weighted by Crippen LogP contribution is 2.24. The maximum atomic E-state index is 11.2. The largest absolute Gasteiger partial charge is 0.493 e. The summed E-state index contributed by atoms with van der Waals surface area (Å²) in [4.78, 5) is 0.0899. The molecular formula is C15H15ClO3S. The van der Waals surface area contributed by atoms with Crippen LogP contribution in [0.2, 0.25) is 0 Å². The minimum absolute atomic E-state index is 0.0899. The van der Waals surface area contributed by atoms with Crippen LogP contribution in [0.3, 0.4) is 0 Å². The van der Waals surface area contributed by atoms with Gasteiger partial charge in [-0.05, 0) is 36.2 Å². The number of halogens is 1. The number of benzene rings is 2. The van der Waals surface area contributed by atoms with Crippen LogP contribution in [-0.2, 0) is 15.5 Å². The van der Waals surface area contributed by atoms with Gasteiger partial charge in [-0.25, -0.2) is 8.42 Å². The lowest BCUT2D eigenvalue weighted by Gasteiger charge is -2.10. The summed E-state index contributed by atoms with van der Waals surface area (Å²) in [5.74, 6) is 0.671. The second-order valence-electron chi connectivity index (χ2n) is 4.45. The van der Waals surface area contributed by atoms with Crippen LogP contribution in [0.1, 0.15) is 11.1 Å². The first-order chi connectivity index (χ1) is 9.47. The molecule has 0 spiro atoms. The summed E-state index contributed by atoms with van der Waals surface area (Å²) in [5.41, 5.74) is 1.95. The third-order valence-electron chi connectivity index (χ3n) is 2.92. The van der Waals surface area contributed by atoms with E-state index in [4.69, 9.17) is 15.4 Å². The highest BCUT2D eigenvalue weighted by atomic mass is 35.7. The Balaban J connectivity index is 2.00. The van der Waals surface area contributed by atoms with E-state index in [1.165, 1.54) is 17.7 Å². The second-order valence-corrected chi connectivity index (χ2v) is 7.02.